The molecular weight excluding hydrogens is 170 g/mol. The van der Waals surface area contributed by atoms with Crippen molar-refractivity contribution in [3.63, 3.8) is 0 Å². The molecule has 0 saturated heterocycles. The number of nitrogens with zero attached hydrogens (tertiary/aromatic N) is 1. The third-order valence-corrected chi connectivity index (χ3v) is 2.27. The quantitative estimate of drug-likeness (QED) is 0.603. The summed E-state index contributed by atoms with van der Waals surface area (Å²) >= 11 is 0. The van der Waals surface area contributed by atoms with Gasteiger partial charge in [0, 0.05) is 30.3 Å². The molecule has 2 heterocycles. The summed E-state index contributed by atoms with van der Waals surface area (Å²) < 4.78 is 0. The molecule has 70 valence electrons. The molecule has 1 aromatic heterocycles. The van der Waals surface area contributed by atoms with Gasteiger partial charge in [0.05, 0.1) is 12.6 Å². The number of fused-ring (bicyclic) bond motifs is 1. The summed E-state index contributed by atoms with van der Waals surface area (Å²) in [4.78, 5) is 10.5. The van der Waals surface area contributed by atoms with Crippen molar-refractivity contribution in [2.45, 2.75) is 18.9 Å². The number of rotatable bonds is 2. The molecule has 3 N–H and O–H groups in total. The molecule has 5 heteroatoms. The monoisotopic (exact) mass is 181 g/mol. The Morgan fingerprint density at radius 2 is 2.62 bits per heavy atom. The van der Waals surface area contributed by atoms with E-state index in [0.717, 1.165) is 24.2 Å². The van der Waals surface area contributed by atoms with Crippen LogP contribution in [0.3, 0.4) is 0 Å². The first kappa shape index (κ1) is 8.25. The number of carboxylic acids is 1. The molecule has 5 nitrogen and oxygen atoms in total. The molecule has 2 rings (SSSR count). The maximum absolute atomic E-state index is 10.5. The summed E-state index contributed by atoms with van der Waals surface area (Å²) in [6.07, 6.45) is 2.72. The van der Waals surface area contributed by atoms with Crippen LogP contribution in [-0.4, -0.2) is 27.8 Å². The van der Waals surface area contributed by atoms with Crippen molar-refractivity contribution in [3.8, 4) is 0 Å². The molecule has 1 aromatic rings. The van der Waals surface area contributed by atoms with Gasteiger partial charge in [-0.3, -0.25) is 9.89 Å². The zero-order valence-electron chi connectivity index (χ0n) is 7.08. The molecule has 0 amide bonds. The highest BCUT2D eigenvalue weighted by Crippen LogP contribution is 2.22. The summed E-state index contributed by atoms with van der Waals surface area (Å²) in [6.45, 7) is 0.813. The van der Waals surface area contributed by atoms with E-state index < -0.39 is 5.97 Å². The lowest BCUT2D eigenvalue weighted by atomic mass is 9.99. The number of aliphatic carboxylic acids is 1. The molecule has 13 heavy (non-hydrogen) atoms. The van der Waals surface area contributed by atoms with Crippen LogP contribution in [0.1, 0.15) is 23.7 Å². The lowest BCUT2D eigenvalue weighted by molar-refractivity contribution is -0.137. The van der Waals surface area contributed by atoms with Gasteiger partial charge >= 0.3 is 5.97 Å². The zero-order chi connectivity index (χ0) is 9.26. The third kappa shape index (κ3) is 1.55. The molecule has 0 fully saturated rings. The van der Waals surface area contributed by atoms with E-state index >= 15 is 0 Å². The molecule has 0 radical (unpaired) electrons. The van der Waals surface area contributed by atoms with Gasteiger partial charge in [-0.2, -0.15) is 5.10 Å². The number of aromatic amines is 1. The van der Waals surface area contributed by atoms with Crippen LogP contribution in [0.2, 0.25) is 0 Å². The molecule has 1 atom stereocenters. The van der Waals surface area contributed by atoms with Crippen LogP contribution in [0.5, 0.6) is 0 Å². The molecule has 0 aliphatic carbocycles. The van der Waals surface area contributed by atoms with Gasteiger partial charge in [-0.15, -0.1) is 0 Å². The van der Waals surface area contributed by atoms with Gasteiger partial charge in [0.1, 0.15) is 0 Å². The first-order valence-corrected chi connectivity index (χ1v) is 4.24. The second-order valence-corrected chi connectivity index (χ2v) is 3.16. The van der Waals surface area contributed by atoms with Crippen molar-refractivity contribution in [3.05, 3.63) is 17.5 Å². The van der Waals surface area contributed by atoms with Crippen LogP contribution in [0, 0.1) is 0 Å². The van der Waals surface area contributed by atoms with Crippen LogP contribution < -0.4 is 5.32 Å². The SMILES string of the molecule is O=C(O)CC1NCCc2[nH]ncc21. The Balaban J connectivity index is 2.20. The smallest absolute Gasteiger partial charge is 0.305 e. The fraction of sp³-hybridized carbons (Fsp3) is 0.500. The maximum atomic E-state index is 10.5. The normalized spacial score (nSPS) is 21.1. The number of aromatic nitrogens is 2. The van der Waals surface area contributed by atoms with E-state index in [9.17, 15) is 4.79 Å². The lowest BCUT2D eigenvalue weighted by Crippen LogP contribution is -2.30. The van der Waals surface area contributed by atoms with Crippen LogP contribution in [0.25, 0.3) is 0 Å². The van der Waals surface area contributed by atoms with Gasteiger partial charge in [0.15, 0.2) is 0 Å². The minimum atomic E-state index is -0.786. The molecule has 0 spiro atoms. The number of carbonyl (C=O) groups is 1. The Morgan fingerprint density at radius 3 is 3.38 bits per heavy atom. The van der Waals surface area contributed by atoms with Crippen LogP contribution in [0.4, 0.5) is 0 Å². The Kier molecular flexibility index (Phi) is 2.02. The van der Waals surface area contributed by atoms with E-state index in [1.807, 2.05) is 0 Å². The second-order valence-electron chi connectivity index (χ2n) is 3.16. The zero-order valence-corrected chi connectivity index (χ0v) is 7.08. The highest BCUT2D eigenvalue weighted by Gasteiger charge is 2.23. The summed E-state index contributed by atoms with van der Waals surface area (Å²) in [7, 11) is 0. The highest BCUT2D eigenvalue weighted by molar-refractivity contribution is 5.68. The van der Waals surface area contributed by atoms with Gasteiger partial charge in [-0.05, 0) is 0 Å². The standard InChI is InChI=1S/C8H11N3O2/c12-8(13)3-7-5-4-10-11-6(5)1-2-9-7/h4,7,9H,1-3H2,(H,10,11)(H,12,13). The van der Waals surface area contributed by atoms with Crippen molar-refractivity contribution in [1.82, 2.24) is 15.5 Å². The molecule has 0 aromatic carbocycles. The van der Waals surface area contributed by atoms with Crippen molar-refractivity contribution in [2.75, 3.05) is 6.54 Å². The predicted octanol–water partition coefficient (Wildman–Crippen LogP) is 0.0712. The van der Waals surface area contributed by atoms with Gasteiger partial charge in [-0.1, -0.05) is 0 Å². The molecule has 1 unspecified atom stereocenters. The van der Waals surface area contributed by atoms with E-state index in [0.29, 0.717) is 0 Å². The Morgan fingerprint density at radius 1 is 1.77 bits per heavy atom. The Bertz CT molecular complexity index is 321. The average molecular weight is 181 g/mol. The summed E-state index contributed by atoms with van der Waals surface area (Å²) in [6, 6.07) is -0.0833. The summed E-state index contributed by atoms with van der Waals surface area (Å²) in [5.41, 5.74) is 2.05. The number of hydrogen-bond donors (Lipinski definition) is 3. The van der Waals surface area contributed by atoms with E-state index in [1.165, 1.54) is 0 Å². The van der Waals surface area contributed by atoms with Gasteiger partial charge < -0.3 is 10.4 Å². The number of hydrogen-bond acceptors (Lipinski definition) is 3. The molecular formula is C8H11N3O2. The summed E-state index contributed by atoms with van der Waals surface area (Å²) in [5.74, 6) is -0.786. The molecule has 1 aliphatic heterocycles. The molecule has 1 aliphatic rings. The Labute approximate surface area is 75.2 Å². The van der Waals surface area contributed by atoms with Crippen molar-refractivity contribution in [2.24, 2.45) is 0 Å². The number of carboxylic acid groups (broad SMARTS) is 1. The number of nitrogens with one attached hydrogen (secondary N) is 2. The van der Waals surface area contributed by atoms with Crippen LogP contribution in [0.15, 0.2) is 6.20 Å². The van der Waals surface area contributed by atoms with E-state index in [-0.39, 0.29) is 12.5 Å². The second kappa shape index (κ2) is 3.18. The first-order valence-electron chi connectivity index (χ1n) is 4.24. The van der Waals surface area contributed by atoms with Gasteiger partial charge in [0.25, 0.3) is 0 Å². The third-order valence-electron chi connectivity index (χ3n) is 2.27. The molecule has 0 saturated carbocycles. The maximum Gasteiger partial charge on any atom is 0.305 e. The predicted molar refractivity (Wildman–Crippen MR) is 45.3 cm³/mol. The fourth-order valence-corrected chi connectivity index (χ4v) is 1.66. The minimum Gasteiger partial charge on any atom is -0.481 e. The van der Waals surface area contributed by atoms with Crippen molar-refractivity contribution >= 4 is 5.97 Å². The Hall–Kier alpha value is -1.36. The fourth-order valence-electron chi connectivity index (χ4n) is 1.66. The van der Waals surface area contributed by atoms with Gasteiger partial charge in [0.2, 0.25) is 0 Å². The first-order chi connectivity index (χ1) is 6.27. The minimum absolute atomic E-state index is 0.0833. The average Bonchev–Trinajstić information content (AvgIpc) is 2.51. The van der Waals surface area contributed by atoms with Crippen LogP contribution in [-0.2, 0) is 11.2 Å². The van der Waals surface area contributed by atoms with Crippen LogP contribution >= 0.6 is 0 Å². The highest BCUT2D eigenvalue weighted by atomic mass is 16.4. The van der Waals surface area contributed by atoms with E-state index in [1.54, 1.807) is 6.20 Å². The topological polar surface area (TPSA) is 78.0 Å². The summed E-state index contributed by atoms with van der Waals surface area (Å²) in [5, 5.41) is 18.6. The largest absolute Gasteiger partial charge is 0.481 e. The van der Waals surface area contributed by atoms with E-state index in [4.69, 9.17) is 5.11 Å². The van der Waals surface area contributed by atoms with Crippen molar-refractivity contribution < 1.29 is 9.90 Å². The number of H-pyrrole nitrogens is 1. The van der Waals surface area contributed by atoms with Gasteiger partial charge in [-0.25, -0.2) is 0 Å². The molecule has 0 bridgehead atoms. The lowest BCUT2D eigenvalue weighted by Gasteiger charge is -2.21. The van der Waals surface area contributed by atoms with E-state index in [2.05, 4.69) is 15.5 Å². The van der Waals surface area contributed by atoms with Crippen molar-refractivity contribution in [1.29, 1.82) is 0 Å².